The highest BCUT2D eigenvalue weighted by Gasteiger charge is 2.19. The van der Waals surface area contributed by atoms with Crippen molar-refractivity contribution in [3.63, 3.8) is 0 Å². The maximum Gasteiger partial charge on any atom is 0.231 e. The topological polar surface area (TPSA) is 70.5 Å². The van der Waals surface area contributed by atoms with E-state index >= 15 is 0 Å². The maximum atomic E-state index is 5.82. The van der Waals surface area contributed by atoms with Gasteiger partial charge < -0.3 is 19.7 Å². The molecule has 1 aliphatic heterocycles. The highest BCUT2D eigenvalue weighted by atomic mass is 16.7. The van der Waals surface area contributed by atoms with E-state index < -0.39 is 0 Å². The van der Waals surface area contributed by atoms with Crippen LogP contribution in [0, 0.1) is 0 Å². The zero-order valence-corrected chi connectivity index (χ0v) is 10.1. The molecular weight excluding hydrogens is 232 g/mol. The maximum absolute atomic E-state index is 5.82. The third kappa shape index (κ3) is 1.68. The highest BCUT2D eigenvalue weighted by Crippen LogP contribution is 2.37. The van der Waals surface area contributed by atoms with Gasteiger partial charge in [-0.05, 0) is 24.6 Å². The minimum absolute atomic E-state index is 0.263. The predicted octanol–water partition coefficient (Wildman–Crippen LogP) is 2.61. The second kappa shape index (κ2) is 4.25. The molecule has 1 aromatic heterocycles. The average Bonchev–Trinajstić information content (AvgIpc) is 2.97. The van der Waals surface area contributed by atoms with E-state index in [1.807, 2.05) is 18.2 Å². The minimum atomic E-state index is 0.263. The number of aromatic nitrogens is 1. The molecule has 0 unspecified atom stereocenters. The Morgan fingerprint density at radius 1 is 1.28 bits per heavy atom. The van der Waals surface area contributed by atoms with Crippen LogP contribution < -0.4 is 15.2 Å². The number of hydrogen-bond acceptors (Lipinski definition) is 5. The van der Waals surface area contributed by atoms with Crippen molar-refractivity contribution < 1.29 is 14.0 Å². The number of rotatable bonds is 3. The first-order chi connectivity index (χ1) is 8.79. The summed E-state index contributed by atoms with van der Waals surface area (Å²) in [6.07, 6.45) is 1.84. The second-order valence-corrected chi connectivity index (χ2v) is 4.19. The number of anilines is 1. The summed E-state index contributed by atoms with van der Waals surface area (Å²) in [4.78, 5) is 0. The van der Waals surface area contributed by atoms with Crippen LogP contribution in [0.1, 0.15) is 18.9 Å². The first kappa shape index (κ1) is 11.0. The van der Waals surface area contributed by atoms with E-state index in [1.54, 1.807) is 0 Å². The van der Waals surface area contributed by atoms with Crippen LogP contribution in [0.2, 0.25) is 0 Å². The minimum Gasteiger partial charge on any atom is -0.454 e. The van der Waals surface area contributed by atoms with Crippen LogP contribution in [0.15, 0.2) is 22.7 Å². The van der Waals surface area contributed by atoms with Crippen LogP contribution in [-0.2, 0) is 6.42 Å². The summed E-state index contributed by atoms with van der Waals surface area (Å²) in [5, 5.41) is 3.84. The van der Waals surface area contributed by atoms with Crippen molar-refractivity contribution in [2.24, 2.45) is 0 Å². The largest absolute Gasteiger partial charge is 0.454 e. The molecule has 0 saturated carbocycles. The van der Waals surface area contributed by atoms with E-state index in [4.69, 9.17) is 19.7 Å². The summed E-state index contributed by atoms with van der Waals surface area (Å²) in [7, 11) is 0. The van der Waals surface area contributed by atoms with Gasteiger partial charge in [0.25, 0.3) is 0 Å². The summed E-state index contributed by atoms with van der Waals surface area (Å²) < 4.78 is 16.0. The normalized spacial score (nSPS) is 12.9. The quantitative estimate of drug-likeness (QED) is 0.901. The van der Waals surface area contributed by atoms with Gasteiger partial charge in [-0.1, -0.05) is 18.5 Å². The van der Waals surface area contributed by atoms with E-state index in [0.29, 0.717) is 11.6 Å². The van der Waals surface area contributed by atoms with E-state index in [9.17, 15) is 0 Å². The molecule has 3 rings (SSSR count). The Hall–Kier alpha value is -2.17. The van der Waals surface area contributed by atoms with Crippen molar-refractivity contribution in [3.8, 4) is 22.8 Å². The van der Waals surface area contributed by atoms with Gasteiger partial charge in [0.15, 0.2) is 23.1 Å². The molecule has 0 spiro atoms. The summed E-state index contributed by atoms with van der Waals surface area (Å²) >= 11 is 0. The van der Waals surface area contributed by atoms with Gasteiger partial charge in [-0.25, -0.2) is 0 Å². The Balaban J connectivity index is 2.04. The fourth-order valence-corrected chi connectivity index (χ4v) is 2.08. The van der Waals surface area contributed by atoms with E-state index in [-0.39, 0.29) is 6.79 Å². The molecule has 0 fully saturated rings. The molecule has 1 aromatic carbocycles. The molecule has 0 saturated heterocycles. The molecule has 0 bridgehead atoms. The Kier molecular flexibility index (Phi) is 2.59. The molecule has 94 valence electrons. The van der Waals surface area contributed by atoms with Crippen LogP contribution in [0.3, 0.4) is 0 Å². The van der Waals surface area contributed by atoms with Gasteiger partial charge in [0.2, 0.25) is 6.79 Å². The third-order valence-electron chi connectivity index (χ3n) is 2.95. The zero-order chi connectivity index (χ0) is 12.5. The van der Waals surface area contributed by atoms with Crippen LogP contribution in [0.25, 0.3) is 11.3 Å². The van der Waals surface area contributed by atoms with Crippen LogP contribution in [0.4, 0.5) is 5.82 Å². The molecule has 0 atom stereocenters. The zero-order valence-electron chi connectivity index (χ0n) is 10.1. The van der Waals surface area contributed by atoms with Gasteiger partial charge in [-0.3, -0.25) is 0 Å². The summed E-state index contributed by atoms with van der Waals surface area (Å²) in [6.45, 7) is 2.36. The highest BCUT2D eigenvalue weighted by molar-refractivity contribution is 5.69. The molecule has 2 aromatic rings. The summed E-state index contributed by atoms with van der Waals surface area (Å²) in [6, 6.07) is 5.68. The first-order valence-electron chi connectivity index (χ1n) is 5.93. The van der Waals surface area contributed by atoms with Gasteiger partial charge in [0, 0.05) is 11.1 Å². The second-order valence-electron chi connectivity index (χ2n) is 4.19. The third-order valence-corrected chi connectivity index (χ3v) is 2.95. The molecule has 0 aliphatic carbocycles. The standard InChI is InChI=1S/C13H14N2O3/c1-2-3-9-12(18-15-13(9)14)8-4-5-10-11(6-8)17-7-16-10/h4-6H,2-3,7H2,1H3,(H2,14,15). The van der Waals surface area contributed by atoms with Crippen molar-refractivity contribution in [2.75, 3.05) is 12.5 Å². The van der Waals surface area contributed by atoms with Crippen molar-refractivity contribution >= 4 is 5.82 Å². The van der Waals surface area contributed by atoms with Gasteiger partial charge >= 0.3 is 0 Å². The summed E-state index contributed by atoms with van der Waals surface area (Å²) in [5.74, 6) is 2.66. The van der Waals surface area contributed by atoms with Gasteiger partial charge in [0.05, 0.1) is 0 Å². The number of fused-ring (bicyclic) bond motifs is 1. The Labute approximate surface area is 104 Å². The van der Waals surface area contributed by atoms with E-state index in [1.165, 1.54) is 0 Å². The Morgan fingerprint density at radius 2 is 2.11 bits per heavy atom. The molecule has 0 amide bonds. The number of nitrogens with zero attached hydrogens (tertiary/aromatic N) is 1. The molecule has 5 heteroatoms. The molecular formula is C13H14N2O3. The van der Waals surface area contributed by atoms with Gasteiger partial charge in [-0.15, -0.1) is 0 Å². The Morgan fingerprint density at radius 3 is 2.94 bits per heavy atom. The smallest absolute Gasteiger partial charge is 0.231 e. The van der Waals surface area contributed by atoms with Crippen LogP contribution in [-0.4, -0.2) is 11.9 Å². The van der Waals surface area contributed by atoms with Crippen LogP contribution >= 0.6 is 0 Å². The molecule has 0 radical (unpaired) electrons. The van der Waals surface area contributed by atoms with Crippen molar-refractivity contribution in [1.29, 1.82) is 0 Å². The van der Waals surface area contributed by atoms with Crippen molar-refractivity contribution in [1.82, 2.24) is 5.16 Å². The number of nitrogen functional groups attached to an aromatic ring is 1. The fraction of sp³-hybridized carbons (Fsp3) is 0.308. The fourth-order valence-electron chi connectivity index (χ4n) is 2.08. The van der Waals surface area contributed by atoms with Crippen LogP contribution in [0.5, 0.6) is 11.5 Å². The van der Waals surface area contributed by atoms with Gasteiger partial charge in [-0.2, -0.15) is 0 Å². The van der Waals surface area contributed by atoms with Crippen molar-refractivity contribution in [2.45, 2.75) is 19.8 Å². The molecule has 2 heterocycles. The molecule has 2 N–H and O–H groups in total. The lowest BCUT2D eigenvalue weighted by molar-refractivity contribution is 0.174. The molecule has 18 heavy (non-hydrogen) atoms. The number of benzene rings is 1. The lowest BCUT2D eigenvalue weighted by atomic mass is 10.0. The van der Waals surface area contributed by atoms with Gasteiger partial charge in [0.1, 0.15) is 0 Å². The molecule has 1 aliphatic rings. The summed E-state index contributed by atoms with van der Waals surface area (Å²) in [5.41, 5.74) is 7.68. The lowest BCUT2D eigenvalue weighted by Gasteiger charge is -2.02. The monoisotopic (exact) mass is 246 g/mol. The SMILES string of the molecule is CCCc1c(N)noc1-c1ccc2c(c1)OCO2. The number of nitrogens with two attached hydrogens (primary N) is 1. The number of ether oxygens (including phenoxy) is 2. The Bertz CT molecular complexity index is 578. The van der Waals surface area contributed by atoms with E-state index in [2.05, 4.69) is 12.1 Å². The van der Waals surface area contributed by atoms with E-state index in [0.717, 1.165) is 35.5 Å². The lowest BCUT2D eigenvalue weighted by Crippen LogP contribution is -1.93. The average molecular weight is 246 g/mol. The number of hydrogen-bond donors (Lipinski definition) is 1. The predicted molar refractivity (Wildman–Crippen MR) is 66.5 cm³/mol. The first-order valence-corrected chi connectivity index (χ1v) is 5.93. The van der Waals surface area contributed by atoms with Crippen molar-refractivity contribution in [3.05, 3.63) is 23.8 Å². The molecule has 5 nitrogen and oxygen atoms in total.